The Labute approximate surface area is 201 Å². The van der Waals surface area contributed by atoms with Crippen LogP contribution in [0.15, 0.2) is 77.3 Å². The number of thiophene rings is 1. The SMILES string of the molecule is COc1ccc([C@@H]2[C@H](O)C(c3c[nH]c4ccccc34)=NN2C(=O)CN[C@@H](C)c2cccs2)cc1. The van der Waals surface area contributed by atoms with Gasteiger partial charge in [-0.15, -0.1) is 11.3 Å². The molecule has 1 aliphatic rings. The lowest BCUT2D eigenvalue weighted by molar-refractivity contribution is -0.133. The van der Waals surface area contributed by atoms with Crippen molar-refractivity contribution in [3.63, 3.8) is 0 Å². The van der Waals surface area contributed by atoms with E-state index < -0.39 is 12.1 Å². The summed E-state index contributed by atoms with van der Waals surface area (Å²) in [7, 11) is 1.61. The minimum atomic E-state index is -0.980. The number of amides is 1. The first-order valence-electron chi connectivity index (χ1n) is 11.1. The minimum Gasteiger partial charge on any atom is -0.497 e. The second-order valence-electron chi connectivity index (χ2n) is 8.25. The van der Waals surface area contributed by atoms with Crippen LogP contribution in [0.25, 0.3) is 10.9 Å². The number of H-pyrrole nitrogens is 1. The standard InChI is InChI=1S/C26H26N4O3S/c1-16(22-8-5-13-34-22)27-15-23(31)30-25(17-9-11-18(33-2)12-10-17)26(32)24(29-30)20-14-28-21-7-4-3-6-19(20)21/h3-14,16,25-28,32H,15H2,1-2H3/t16-,25+,26+/m0/s1. The maximum absolute atomic E-state index is 13.4. The third-order valence-electron chi connectivity index (χ3n) is 6.17. The Morgan fingerprint density at radius 1 is 1.21 bits per heavy atom. The van der Waals surface area contributed by atoms with E-state index in [1.54, 1.807) is 18.4 Å². The summed E-state index contributed by atoms with van der Waals surface area (Å²) in [4.78, 5) is 17.8. The number of rotatable bonds is 7. The predicted octanol–water partition coefficient (Wildman–Crippen LogP) is 4.24. The molecule has 0 radical (unpaired) electrons. The summed E-state index contributed by atoms with van der Waals surface area (Å²) in [6, 6.07) is 18.7. The summed E-state index contributed by atoms with van der Waals surface area (Å²) in [6.07, 6.45) is 0.856. The third kappa shape index (κ3) is 4.11. The number of fused-ring (bicyclic) bond motifs is 1. The van der Waals surface area contributed by atoms with Gasteiger partial charge in [0.05, 0.1) is 13.7 Å². The van der Waals surface area contributed by atoms with E-state index in [0.29, 0.717) is 11.5 Å². The number of hydrogen-bond donors (Lipinski definition) is 3. The van der Waals surface area contributed by atoms with Crippen LogP contribution in [0, 0.1) is 0 Å². The van der Waals surface area contributed by atoms with Crippen molar-refractivity contribution < 1.29 is 14.6 Å². The number of aliphatic hydroxyl groups excluding tert-OH is 1. The lowest BCUT2D eigenvalue weighted by Gasteiger charge is -2.25. The molecule has 5 rings (SSSR count). The smallest absolute Gasteiger partial charge is 0.257 e. The van der Waals surface area contributed by atoms with E-state index in [2.05, 4.69) is 15.4 Å². The predicted molar refractivity (Wildman–Crippen MR) is 134 cm³/mol. The Balaban J connectivity index is 1.47. The van der Waals surface area contributed by atoms with Gasteiger partial charge in [0.25, 0.3) is 5.91 Å². The van der Waals surface area contributed by atoms with Gasteiger partial charge in [-0.05, 0) is 42.1 Å². The molecule has 8 heteroatoms. The molecule has 174 valence electrons. The van der Waals surface area contributed by atoms with Gasteiger partial charge in [0.2, 0.25) is 0 Å². The van der Waals surface area contributed by atoms with Gasteiger partial charge >= 0.3 is 0 Å². The van der Waals surface area contributed by atoms with Crippen molar-refractivity contribution in [3.05, 3.63) is 88.2 Å². The molecule has 0 saturated heterocycles. The van der Waals surface area contributed by atoms with Crippen LogP contribution in [-0.4, -0.2) is 46.5 Å². The van der Waals surface area contributed by atoms with Gasteiger partial charge in [-0.3, -0.25) is 4.79 Å². The zero-order chi connectivity index (χ0) is 23.7. The first-order valence-corrected chi connectivity index (χ1v) is 12.0. The summed E-state index contributed by atoms with van der Waals surface area (Å²) < 4.78 is 5.28. The molecule has 1 aliphatic heterocycles. The maximum atomic E-state index is 13.4. The van der Waals surface area contributed by atoms with Crippen LogP contribution in [0.2, 0.25) is 0 Å². The molecule has 2 aromatic carbocycles. The molecule has 7 nitrogen and oxygen atoms in total. The number of carbonyl (C=O) groups is 1. The number of hydrazone groups is 1. The largest absolute Gasteiger partial charge is 0.497 e. The number of nitrogens with zero attached hydrogens (tertiary/aromatic N) is 2. The van der Waals surface area contributed by atoms with E-state index in [4.69, 9.17) is 4.74 Å². The van der Waals surface area contributed by atoms with Crippen LogP contribution in [0.3, 0.4) is 0 Å². The highest BCUT2D eigenvalue weighted by Gasteiger charge is 2.41. The van der Waals surface area contributed by atoms with Crippen LogP contribution >= 0.6 is 11.3 Å². The summed E-state index contributed by atoms with van der Waals surface area (Å²) in [6.45, 7) is 2.13. The number of hydrogen-bond acceptors (Lipinski definition) is 6. The maximum Gasteiger partial charge on any atom is 0.257 e. The fourth-order valence-electron chi connectivity index (χ4n) is 4.31. The van der Waals surface area contributed by atoms with Crippen LogP contribution in [0.1, 0.15) is 35.0 Å². The molecular formula is C26H26N4O3S. The molecule has 3 N–H and O–H groups in total. The van der Waals surface area contributed by atoms with Crippen LogP contribution in [-0.2, 0) is 4.79 Å². The first-order chi connectivity index (χ1) is 16.6. The average Bonchev–Trinajstić information content (AvgIpc) is 3.61. The Hall–Kier alpha value is -3.46. The number of aromatic amines is 1. The number of benzene rings is 2. The van der Waals surface area contributed by atoms with Crippen LogP contribution in [0.5, 0.6) is 5.75 Å². The molecule has 1 amide bonds. The fraction of sp³-hybridized carbons (Fsp3) is 0.231. The van der Waals surface area contributed by atoms with Crippen molar-refractivity contribution in [3.8, 4) is 5.75 Å². The van der Waals surface area contributed by atoms with E-state index in [9.17, 15) is 9.90 Å². The van der Waals surface area contributed by atoms with Crippen molar-refractivity contribution >= 4 is 33.9 Å². The molecule has 0 fully saturated rings. The number of aromatic nitrogens is 1. The second kappa shape index (κ2) is 9.42. The first kappa shape index (κ1) is 22.3. The monoisotopic (exact) mass is 474 g/mol. The molecule has 2 aromatic heterocycles. The zero-order valence-electron chi connectivity index (χ0n) is 18.9. The molecule has 0 unspecified atom stereocenters. The Kier molecular flexibility index (Phi) is 6.19. The topological polar surface area (TPSA) is 90.0 Å². The molecule has 3 atom stereocenters. The van der Waals surface area contributed by atoms with E-state index in [1.165, 1.54) is 5.01 Å². The van der Waals surface area contributed by atoms with Crippen molar-refractivity contribution in [1.82, 2.24) is 15.3 Å². The summed E-state index contributed by atoms with van der Waals surface area (Å²) in [5, 5.41) is 23.8. The number of ether oxygens (including phenoxy) is 1. The highest BCUT2D eigenvalue weighted by atomic mass is 32.1. The normalized spacial score (nSPS) is 18.8. The van der Waals surface area contributed by atoms with Crippen LogP contribution < -0.4 is 10.1 Å². The van der Waals surface area contributed by atoms with Gasteiger partial charge in [-0.1, -0.05) is 36.4 Å². The Bertz CT molecular complexity index is 1310. The van der Waals surface area contributed by atoms with Crippen LogP contribution in [0.4, 0.5) is 0 Å². The van der Waals surface area contributed by atoms with Gasteiger partial charge in [-0.2, -0.15) is 5.10 Å². The second-order valence-corrected chi connectivity index (χ2v) is 9.23. The molecule has 34 heavy (non-hydrogen) atoms. The minimum absolute atomic E-state index is 0.0352. The van der Waals surface area contributed by atoms with Gasteiger partial charge in [0.1, 0.15) is 23.6 Å². The number of aliphatic hydroxyl groups is 1. The molecule has 4 aromatic rings. The Morgan fingerprint density at radius 2 is 2.00 bits per heavy atom. The van der Waals surface area contributed by atoms with E-state index in [-0.39, 0.29) is 18.5 Å². The molecule has 0 aliphatic carbocycles. The van der Waals surface area contributed by atoms with Gasteiger partial charge in [0.15, 0.2) is 0 Å². The number of carbonyl (C=O) groups excluding carboxylic acids is 1. The molecular weight excluding hydrogens is 448 g/mol. The molecule has 0 saturated carbocycles. The van der Waals surface area contributed by atoms with Gasteiger partial charge in [-0.25, -0.2) is 5.01 Å². The summed E-state index contributed by atoms with van der Waals surface area (Å²) in [5.41, 5.74) is 2.99. The van der Waals surface area contributed by atoms with Crippen molar-refractivity contribution in [2.45, 2.75) is 25.1 Å². The quantitative estimate of drug-likeness (QED) is 0.374. The van der Waals surface area contributed by atoms with Crippen molar-refractivity contribution in [1.29, 1.82) is 0 Å². The average molecular weight is 475 g/mol. The molecule has 0 bridgehead atoms. The van der Waals surface area contributed by atoms with Crippen molar-refractivity contribution in [2.24, 2.45) is 5.10 Å². The van der Waals surface area contributed by atoms with Gasteiger partial charge in [0, 0.05) is 33.6 Å². The lowest BCUT2D eigenvalue weighted by atomic mass is 9.95. The van der Waals surface area contributed by atoms with Crippen molar-refractivity contribution in [2.75, 3.05) is 13.7 Å². The van der Waals surface area contributed by atoms with Gasteiger partial charge < -0.3 is 20.1 Å². The fourth-order valence-corrected chi connectivity index (χ4v) is 5.07. The van der Waals surface area contributed by atoms with E-state index >= 15 is 0 Å². The highest BCUT2D eigenvalue weighted by Crippen LogP contribution is 2.35. The summed E-state index contributed by atoms with van der Waals surface area (Å²) >= 11 is 1.65. The number of methoxy groups -OCH3 is 1. The number of para-hydroxylation sites is 1. The van der Waals surface area contributed by atoms with E-state index in [0.717, 1.165) is 26.9 Å². The number of nitrogens with one attached hydrogen (secondary N) is 2. The lowest BCUT2D eigenvalue weighted by Crippen LogP contribution is -2.39. The Morgan fingerprint density at radius 3 is 2.74 bits per heavy atom. The van der Waals surface area contributed by atoms with E-state index in [1.807, 2.05) is 79.2 Å². The summed E-state index contributed by atoms with van der Waals surface area (Å²) in [5.74, 6) is 0.497. The molecule has 0 spiro atoms. The third-order valence-corrected chi connectivity index (χ3v) is 7.22. The highest BCUT2D eigenvalue weighted by molar-refractivity contribution is 7.10. The molecule has 3 heterocycles. The zero-order valence-corrected chi connectivity index (χ0v) is 19.8.